The molecule has 7 nitrogen and oxygen atoms in total. The summed E-state index contributed by atoms with van der Waals surface area (Å²) in [7, 11) is 0.727. The predicted octanol–water partition coefficient (Wildman–Crippen LogP) is 3.38. The Bertz CT molecular complexity index is 807. The van der Waals surface area contributed by atoms with Gasteiger partial charge in [0.2, 0.25) is 19.5 Å². The monoisotopic (exact) mass is 482 g/mol. The summed E-state index contributed by atoms with van der Waals surface area (Å²) in [6.45, 7) is 12.7. The minimum Gasteiger partial charge on any atom is -0.394 e. The Morgan fingerprint density at radius 2 is 1.93 bits per heavy atom. The predicted molar refractivity (Wildman–Crippen MR) is 116 cm³/mol. The van der Waals surface area contributed by atoms with Gasteiger partial charge in [0.1, 0.15) is 16.4 Å². The topological polar surface area (TPSA) is 89.1 Å². The number of aromatic amines is 1. The number of nitrogens with one attached hydrogen (secondary N) is 2. The Kier molecular flexibility index (Phi) is 8.11. The average Bonchev–Trinajstić information content (AvgIpc) is 3.01. The fourth-order valence-electron chi connectivity index (χ4n) is 3.34. The van der Waals surface area contributed by atoms with Gasteiger partial charge in [-0.05, 0) is 49.3 Å². The highest BCUT2D eigenvalue weighted by Crippen LogP contribution is 2.33. The second kappa shape index (κ2) is 9.72. The van der Waals surface area contributed by atoms with Crippen molar-refractivity contribution in [3.8, 4) is 0 Å². The third-order valence-corrected chi connectivity index (χ3v) is 5.65. The van der Waals surface area contributed by atoms with Crippen molar-refractivity contribution < 1.29 is 13.6 Å². The highest BCUT2D eigenvalue weighted by Gasteiger charge is 2.36. The zero-order valence-electron chi connectivity index (χ0n) is 17.1. The number of carbonyl (C=O) groups is 1. The lowest BCUT2D eigenvalue weighted by atomic mass is 9.79. The van der Waals surface area contributed by atoms with Gasteiger partial charge in [0.05, 0.1) is 18.3 Å². The van der Waals surface area contributed by atoms with E-state index in [1.807, 2.05) is 13.1 Å². The summed E-state index contributed by atoms with van der Waals surface area (Å²) >= 11 is 3.31. The van der Waals surface area contributed by atoms with E-state index in [2.05, 4.69) is 63.9 Å². The molecule has 10 heteroatoms. The van der Waals surface area contributed by atoms with Crippen molar-refractivity contribution in [3.05, 3.63) is 22.6 Å². The van der Waals surface area contributed by atoms with Gasteiger partial charge in [0, 0.05) is 17.2 Å². The molecular weight excluding hydrogens is 456 g/mol. The maximum atomic E-state index is 12.8. The lowest BCUT2D eigenvalue weighted by Gasteiger charge is -2.40. The van der Waals surface area contributed by atoms with Gasteiger partial charge in [-0.1, -0.05) is 13.8 Å². The summed E-state index contributed by atoms with van der Waals surface area (Å²) in [5.41, 5.74) is 1.23. The van der Waals surface area contributed by atoms with Crippen LogP contribution in [0.25, 0.3) is 11.2 Å². The van der Waals surface area contributed by atoms with Crippen LogP contribution in [0.15, 0.2) is 17.0 Å². The molecule has 0 aliphatic carbocycles. The van der Waals surface area contributed by atoms with Crippen LogP contribution in [0.5, 0.6) is 0 Å². The zero-order chi connectivity index (χ0) is 20.9. The van der Waals surface area contributed by atoms with E-state index in [1.54, 1.807) is 12.4 Å². The first kappa shape index (κ1) is 23.4. The molecule has 0 spiro atoms. The van der Waals surface area contributed by atoms with E-state index in [1.165, 1.54) is 0 Å². The van der Waals surface area contributed by atoms with Crippen LogP contribution in [-0.2, 0) is 8.85 Å². The molecule has 0 atom stereocenters. The molecule has 28 heavy (non-hydrogen) atoms. The summed E-state index contributed by atoms with van der Waals surface area (Å²) < 4.78 is 12.3. The summed E-state index contributed by atoms with van der Waals surface area (Å²) in [5, 5.41) is 3.39. The highest BCUT2D eigenvalue weighted by molar-refractivity contribution is 9.10. The van der Waals surface area contributed by atoms with E-state index in [9.17, 15) is 4.79 Å². The largest absolute Gasteiger partial charge is 0.394 e. The summed E-state index contributed by atoms with van der Waals surface area (Å²) in [6.07, 6.45) is 3.79. The molecule has 2 rings (SSSR count). The minimum atomic E-state index is -0.282. The molecule has 0 aromatic carbocycles. The molecule has 2 aromatic heterocycles. The lowest BCUT2D eigenvalue weighted by molar-refractivity contribution is -0.0898. The molecule has 2 aromatic rings. The molecule has 152 valence electrons. The maximum Gasteiger partial charge on any atom is 0.229 e. The van der Waals surface area contributed by atoms with Crippen LogP contribution in [0.4, 0.5) is 0 Å². The molecule has 0 saturated heterocycles. The Balaban J connectivity index is 2.04. The van der Waals surface area contributed by atoms with Gasteiger partial charge >= 0.3 is 0 Å². The molecule has 0 unspecified atom stereocenters. The molecular formula is C18H27BrN4O3Si2. The zero-order valence-corrected chi connectivity index (χ0v) is 20.7. The summed E-state index contributed by atoms with van der Waals surface area (Å²) in [5.74, 6) is -0.0290. The summed E-state index contributed by atoms with van der Waals surface area (Å²) in [6, 6.07) is 0. The van der Waals surface area contributed by atoms with E-state index < -0.39 is 0 Å². The number of aromatic nitrogens is 3. The van der Waals surface area contributed by atoms with Gasteiger partial charge in [-0.15, -0.1) is 0 Å². The Labute approximate surface area is 179 Å². The third-order valence-electron chi connectivity index (χ3n) is 4.36. The number of ketones is 1. The van der Waals surface area contributed by atoms with Crippen LogP contribution in [0.1, 0.15) is 44.5 Å². The van der Waals surface area contributed by atoms with E-state index in [0.29, 0.717) is 40.9 Å². The standard InChI is InChI=1S/C18H27BrN4O3Si2/c1-17(2,16(25-27-5)26-28-6)10-18(3,4)22-8-12(24)11-7-20-15-14(11)23-13(19)9-21-15/h7,9,16,22H,8,10H2,1-6H3,(H,20,21). The van der Waals surface area contributed by atoms with E-state index in [0.717, 1.165) is 6.42 Å². The number of hydrogen-bond acceptors (Lipinski definition) is 6. The number of H-pyrrole nitrogens is 1. The fourth-order valence-corrected chi connectivity index (χ4v) is 4.88. The first-order chi connectivity index (χ1) is 13.1. The summed E-state index contributed by atoms with van der Waals surface area (Å²) in [4.78, 5) is 24.4. The van der Waals surface area contributed by atoms with Crippen molar-refractivity contribution in [1.82, 2.24) is 20.3 Å². The third kappa shape index (κ3) is 6.04. The van der Waals surface area contributed by atoms with Crippen LogP contribution in [0, 0.1) is 5.41 Å². The molecule has 0 amide bonds. The van der Waals surface area contributed by atoms with Gasteiger partial charge in [0.25, 0.3) is 0 Å². The van der Waals surface area contributed by atoms with Crippen molar-refractivity contribution in [3.63, 3.8) is 0 Å². The Hall–Kier alpha value is -0.916. The number of halogens is 1. The first-order valence-corrected chi connectivity index (χ1v) is 12.6. The van der Waals surface area contributed by atoms with Crippen LogP contribution in [0.2, 0.25) is 13.1 Å². The molecule has 0 aliphatic heterocycles. The van der Waals surface area contributed by atoms with Crippen molar-refractivity contribution in [2.45, 2.75) is 59.0 Å². The molecule has 2 heterocycles. The molecule has 0 fully saturated rings. The Morgan fingerprint density at radius 1 is 1.29 bits per heavy atom. The molecule has 0 bridgehead atoms. The van der Waals surface area contributed by atoms with Crippen molar-refractivity contribution in [1.29, 1.82) is 0 Å². The minimum absolute atomic E-state index is 0.0290. The second-order valence-electron chi connectivity index (χ2n) is 7.89. The maximum absolute atomic E-state index is 12.8. The quantitative estimate of drug-likeness (QED) is 0.289. The SMILES string of the molecule is C[Si]OC(O[Si]C)C(C)(C)CC(C)(C)NCC(=O)c1c[nH]c2ncc(Br)nc12. The van der Waals surface area contributed by atoms with Crippen LogP contribution >= 0.6 is 15.9 Å². The van der Waals surface area contributed by atoms with Crippen molar-refractivity contribution in [2.75, 3.05) is 6.54 Å². The molecule has 0 aliphatic rings. The first-order valence-electron chi connectivity index (χ1n) is 9.02. The number of rotatable bonds is 11. The number of fused-ring (bicyclic) bond motifs is 1. The van der Waals surface area contributed by atoms with Crippen molar-refractivity contribution >= 4 is 52.4 Å². The fraction of sp³-hybridized carbons (Fsp3) is 0.611. The lowest BCUT2D eigenvalue weighted by Crippen LogP contribution is -2.49. The number of hydrogen-bond donors (Lipinski definition) is 2. The van der Waals surface area contributed by atoms with Gasteiger partial charge in [-0.2, -0.15) is 0 Å². The van der Waals surface area contributed by atoms with Gasteiger partial charge in [0.15, 0.2) is 11.4 Å². The van der Waals surface area contributed by atoms with Crippen LogP contribution in [0.3, 0.4) is 0 Å². The van der Waals surface area contributed by atoms with Gasteiger partial charge < -0.3 is 19.2 Å². The van der Waals surface area contributed by atoms with E-state index in [-0.39, 0.29) is 29.6 Å². The normalized spacial score (nSPS) is 12.9. The number of carbonyl (C=O) groups excluding carboxylic acids is 1. The van der Waals surface area contributed by atoms with Crippen molar-refractivity contribution in [2.24, 2.45) is 5.41 Å². The molecule has 0 saturated carbocycles. The number of Topliss-reactive ketones (excluding diaryl/α,β-unsaturated/α-hetero) is 1. The average molecular weight is 484 g/mol. The highest BCUT2D eigenvalue weighted by atomic mass is 79.9. The van der Waals surface area contributed by atoms with Gasteiger partial charge in [-0.25, -0.2) is 9.97 Å². The van der Waals surface area contributed by atoms with E-state index >= 15 is 0 Å². The molecule has 4 radical (unpaired) electrons. The second-order valence-corrected chi connectivity index (χ2v) is 9.99. The van der Waals surface area contributed by atoms with Crippen LogP contribution < -0.4 is 5.32 Å². The Morgan fingerprint density at radius 3 is 2.54 bits per heavy atom. The smallest absolute Gasteiger partial charge is 0.229 e. The van der Waals surface area contributed by atoms with E-state index in [4.69, 9.17) is 8.85 Å². The molecule has 2 N–H and O–H groups in total. The van der Waals surface area contributed by atoms with Crippen LogP contribution in [-0.4, -0.2) is 58.6 Å². The number of nitrogens with zero attached hydrogens (tertiary/aromatic N) is 2. The van der Waals surface area contributed by atoms with Gasteiger partial charge in [-0.3, -0.25) is 4.79 Å².